The topological polar surface area (TPSA) is 118 Å². The molecule has 1 amide bonds. The Labute approximate surface area is 160 Å². The lowest BCUT2D eigenvalue weighted by Gasteiger charge is -2.23. The Morgan fingerprint density at radius 3 is 2.89 bits per heavy atom. The maximum absolute atomic E-state index is 13.5. The Morgan fingerprint density at radius 1 is 1.46 bits per heavy atom. The Hall–Kier alpha value is -3.28. The van der Waals surface area contributed by atoms with Gasteiger partial charge in [-0.1, -0.05) is 0 Å². The summed E-state index contributed by atoms with van der Waals surface area (Å²) in [5, 5.41) is 12.2. The van der Waals surface area contributed by atoms with E-state index in [4.69, 9.17) is 5.26 Å². The molecule has 0 saturated carbocycles. The fourth-order valence-electron chi connectivity index (χ4n) is 3.56. The van der Waals surface area contributed by atoms with Crippen molar-refractivity contribution in [1.82, 2.24) is 15.7 Å². The summed E-state index contributed by atoms with van der Waals surface area (Å²) < 4.78 is 13.5. The molecule has 3 atom stereocenters. The first-order chi connectivity index (χ1) is 13.3. The molecule has 1 saturated heterocycles. The average Bonchev–Trinajstić information content (AvgIpc) is 2.65. The molecular weight excluding hydrogens is 365 g/mol. The number of nitrogens with one attached hydrogen (secondary N) is 3. The fourth-order valence-corrected chi connectivity index (χ4v) is 3.56. The molecule has 1 aliphatic heterocycles. The fraction of sp³-hybridized carbons (Fsp3) is 0.421. The highest BCUT2D eigenvalue weighted by Crippen LogP contribution is 2.19. The number of carbonyl (C=O) groups is 1. The van der Waals surface area contributed by atoms with Crippen molar-refractivity contribution in [3.05, 3.63) is 50.4 Å². The van der Waals surface area contributed by atoms with Gasteiger partial charge in [-0.05, 0) is 44.0 Å². The van der Waals surface area contributed by atoms with E-state index in [9.17, 15) is 18.9 Å². The van der Waals surface area contributed by atoms with Crippen LogP contribution in [-0.2, 0) is 11.2 Å². The predicted molar refractivity (Wildman–Crippen MR) is 99.8 cm³/mol. The largest absolute Gasteiger partial charge is 0.346 e. The van der Waals surface area contributed by atoms with Gasteiger partial charge >= 0.3 is 0 Å². The maximum Gasteiger partial charge on any atom is 0.254 e. The van der Waals surface area contributed by atoms with Gasteiger partial charge in [0.25, 0.3) is 11.6 Å². The number of aryl methyl sites for hydroxylation is 1. The number of nitroso groups, excluding NO2 is 1. The van der Waals surface area contributed by atoms with E-state index in [1.165, 1.54) is 18.2 Å². The predicted octanol–water partition coefficient (Wildman–Crippen LogP) is 1.36. The molecule has 146 valence electrons. The van der Waals surface area contributed by atoms with Crippen molar-refractivity contribution in [1.29, 1.82) is 5.26 Å². The summed E-state index contributed by atoms with van der Waals surface area (Å²) in [5.41, 5.74) is 3.44. The number of nitriles is 1. The number of fused-ring (bicyclic) bond motifs is 1. The first-order valence-electron chi connectivity index (χ1n) is 9.02. The normalized spacial score (nSPS) is 20.3. The third-order valence-electron chi connectivity index (χ3n) is 5.15. The molecule has 8 nitrogen and oxygen atoms in total. The second-order valence-corrected chi connectivity index (χ2v) is 7.06. The van der Waals surface area contributed by atoms with Crippen LogP contribution >= 0.6 is 0 Å². The van der Waals surface area contributed by atoms with E-state index in [0.717, 1.165) is 0 Å². The number of hydrazine groups is 1. The van der Waals surface area contributed by atoms with Crippen LogP contribution in [0.5, 0.6) is 0 Å². The molecule has 2 aromatic rings. The number of aromatic amines is 1. The summed E-state index contributed by atoms with van der Waals surface area (Å²) >= 11 is 0. The van der Waals surface area contributed by atoms with Gasteiger partial charge in [0.05, 0.1) is 23.4 Å². The molecule has 28 heavy (non-hydrogen) atoms. The van der Waals surface area contributed by atoms with Gasteiger partial charge in [-0.15, -0.1) is 5.43 Å². The molecule has 0 spiro atoms. The minimum Gasteiger partial charge on any atom is -0.346 e. The number of amides is 1. The Kier molecular flexibility index (Phi) is 5.40. The smallest absolute Gasteiger partial charge is 0.254 e. The van der Waals surface area contributed by atoms with Crippen molar-refractivity contribution < 1.29 is 14.1 Å². The number of rotatable bonds is 4. The summed E-state index contributed by atoms with van der Waals surface area (Å²) in [4.78, 5) is 40.1. The molecule has 3 N–H and O–H groups in total. The van der Waals surface area contributed by atoms with Crippen LogP contribution < -0.4 is 16.3 Å². The number of H-pyrrole nitrogens is 1. The van der Waals surface area contributed by atoms with E-state index >= 15 is 0 Å². The van der Waals surface area contributed by atoms with Crippen molar-refractivity contribution in [3.8, 4) is 6.07 Å². The van der Waals surface area contributed by atoms with Crippen molar-refractivity contribution in [3.63, 3.8) is 0 Å². The second kappa shape index (κ2) is 7.76. The van der Waals surface area contributed by atoms with Crippen molar-refractivity contribution in [2.24, 2.45) is 0 Å². The molecule has 2 unspecified atom stereocenters. The standard InChI is InChI=1S/C19H20FN5O3/c1-10-14-7-12(20)3-5-16(14)23-19(27)15(10)8-18(26)22-11(2)17-6-4-13(9-21)24-25(17)28/h3,5,7,11,13,17H,4,6,8H2,1-2H3,(H2-,22,23,24,26,27,28)/p+1/t11-,13?,17?/m0/s1. The molecule has 0 aliphatic carbocycles. The molecule has 0 bridgehead atoms. The van der Waals surface area contributed by atoms with Gasteiger partial charge in [0.15, 0.2) is 6.04 Å². The van der Waals surface area contributed by atoms with Gasteiger partial charge in [0, 0.05) is 22.9 Å². The molecular formula is C19H21FN5O3+. The monoisotopic (exact) mass is 386 g/mol. The number of halogens is 1. The molecule has 1 aromatic heterocycles. The van der Waals surface area contributed by atoms with Crippen molar-refractivity contribution >= 4 is 16.8 Å². The van der Waals surface area contributed by atoms with Crippen molar-refractivity contribution in [2.75, 3.05) is 0 Å². The van der Waals surface area contributed by atoms with Crippen LogP contribution in [0.15, 0.2) is 23.0 Å². The van der Waals surface area contributed by atoms with Gasteiger partial charge < -0.3 is 10.3 Å². The minimum atomic E-state index is -0.532. The first kappa shape index (κ1) is 19.5. The van der Waals surface area contributed by atoms with Crippen LogP contribution in [0.25, 0.3) is 10.9 Å². The minimum absolute atomic E-state index is 0.183. The van der Waals surface area contributed by atoms with Gasteiger partial charge in [-0.25, -0.2) is 4.39 Å². The molecule has 3 rings (SSSR count). The number of benzene rings is 1. The van der Waals surface area contributed by atoms with Gasteiger partial charge in [-0.3, -0.25) is 9.59 Å². The molecule has 1 aromatic carbocycles. The van der Waals surface area contributed by atoms with E-state index < -0.39 is 35.4 Å². The van der Waals surface area contributed by atoms with Crippen LogP contribution in [0.3, 0.4) is 0 Å². The Balaban J connectivity index is 1.74. The molecule has 2 heterocycles. The average molecular weight is 386 g/mol. The highest BCUT2D eigenvalue weighted by atomic mass is 19.1. The third-order valence-corrected chi connectivity index (χ3v) is 5.15. The lowest BCUT2D eigenvalue weighted by molar-refractivity contribution is -0.656. The van der Waals surface area contributed by atoms with Crippen LogP contribution in [-0.4, -0.2) is 33.9 Å². The Morgan fingerprint density at radius 2 is 2.21 bits per heavy atom. The van der Waals surface area contributed by atoms with Crippen LogP contribution in [0.2, 0.25) is 0 Å². The van der Waals surface area contributed by atoms with Gasteiger partial charge in [0.2, 0.25) is 5.91 Å². The van der Waals surface area contributed by atoms with E-state index in [1.54, 1.807) is 13.8 Å². The summed E-state index contributed by atoms with van der Waals surface area (Å²) in [6.45, 7) is 3.38. The van der Waals surface area contributed by atoms with Crippen molar-refractivity contribution in [2.45, 2.75) is 51.2 Å². The number of hydrogen-bond donors (Lipinski definition) is 3. The second-order valence-electron chi connectivity index (χ2n) is 7.06. The quantitative estimate of drug-likeness (QED) is 0.686. The summed E-state index contributed by atoms with van der Waals surface area (Å²) in [6.07, 6.45) is 0.790. The lowest BCUT2D eigenvalue weighted by Crippen LogP contribution is -2.55. The van der Waals surface area contributed by atoms with E-state index in [1.807, 2.05) is 6.07 Å². The Bertz CT molecular complexity index is 1040. The lowest BCUT2D eigenvalue weighted by atomic mass is 9.98. The SMILES string of the molecule is Cc1c(CC(=O)N[C@@H](C)C2CCC(C#N)N[N+]2=O)c(=O)[nH]c2ccc(F)cc12. The van der Waals surface area contributed by atoms with Crippen LogP contribution in [0, 0.1) is 29.0 Å². The molecule has 1 fully saturated rings. The number of carbonyl (C=O) groups excluding carboxylic acids is 1. The maximum atomic E-state index is 13.5. The molecule has 1 aliphatic rings. The van der Waals surface area contributed by atoms with Crippen LogP contribution in [0.1, 0.15) is 30.9 Å². The number of pyridine rings is 1. The zero-order valence-corrected chi connectivity index (χ0v) is 15.6. The van der Waals surface area contributed by atoms with E-state index in [2.05, 4.69) is 15.7 Å². The van der Waals surface area contributed by atoms with Crippen LogP contribution in [0.4, 0.5) is 4.39 Å². The zero-order valence-electron chi connectivity index (χ0n) is 15.6. The van der Waals surface area contributed by atoms with E-state index in [0.29, 0.717) is 34.2 Å². The van der Waals surface area contributed by atoms with Gasteiger partial charge in [0.1, 0.15) is 10.7 Å². The molecule has 0 radical (unpaired) electrons. The number of hydrogen-bond acceptors (Lipinski definition) is 4. The summed E-state index contributed by atoms with van der Waals surface area (Å²) in [6, 6.07) is 4.53. The highest BCUT2D eigenvalue weighted by Gasteiger charge is 2.39. The zero-order chi connectivity index (χ0) is 20.4. The summed E-state index contributed by atoms with van der Waals surface area (Å²) in [7, 11) is 0. The highest BCUT2D eigenvalue weighted by molar-refractivity contribution is 5.85. The van der Waals surface area contributed by atoms with Gasteiger partial charge in [-0.2, -0.15) is 5.26 Å². The molecule has 9 heteroatoms. The van der Waals surface area contributed by atoms with E-state index in [-0.39, 0.29) is 12.0 Å². The third kappa shape index (κ3) is 3.86. The summed E-state index contributed by atoms with van der Waals surface area (Å²) in [5.74, 6) is -0.838. The first-order valence-corrected chi connectivity index (χ1v) is 9.02. The number of nitrogens with zero attached hydrogens (tertiary/aromatic N) is 2. The number of aromatic nitrogens is 1.